The molecular formula is C18H22N2O4S. The monoisotopic (exact) mass is 362 g/mol. The molecule has 7 heteroatoms. The number of carbonyl (C=O) groups is 1. The summed E-state index contributed by atoms with van der Waals surface area (Å²) in [6.07, 6.45) is 0. The first-order valence-corrected chi connectivity index (χ1v) is 9.47. The summed E-state index contributed by atoms with van der Waals surface area (Å²) in [5.41, 5.74) is 0.779. The third-order valence-electron chi connectivity index (χ3n) is 3.24. The number of anilines is 1. The van der Waals surface area contributed by atoms with Crippen molar-refractivity contribution in [3.05, 3.63) is 54.1 Å². The Bertz CT molecular complexity index is 833. The molecule has 1 amide bonds. The lowest BCUT2D eigenvalue weighted by molar-refractivity contribution is 0.102. The van der Waals surface area contributed by atoms with E-state index in [9.17, 15) is 13.2 Å². The molecule has 0 aliphatic carbocycles. The van der Waals surface area contributed by atoms with Crippen molar-refractivity contribution in [2.45, 2.75) is 31.7 Å². The van der Waals surface area contributed by atoms with Crippen LogP contribution in [0.3, 0.4) is 0 Å². The van der Waals surface area contributed by atoms with Crippen LogP contribution in [0.15, 0.2) is 53.4 Å². The van der Waals surface area contributed by atoms with Crippen LogP contribution in [-0.4, -0.2) is 27.0 Å². The maximum absolute atomic E-state index is 12.4. The Morgan fingerprint density at radius 2 is 1.80 bits per heavy atom. The first-order chi connectivity index (χ1) is 11.8. The quantitative estimate of drug-likeness (QED) is 0.793. The molecule has 134 valence electrons. The van der Waals surface area contributed by atoms with Gasteiger partial charge < -0.3 is 10.1 Å². The number of rotatable bonds is 7. The minimum absolute atomic E-state index is 0.0630. The Balaban J connectivity index is 2.37. The van der Waals surface area contributed by atoms with Gasteiger partial charge in [0, 0.05) is 11.6 Å². The van der Waals surface area contributed by atoms with Crippen LogP contribution in [0.2, 0.25) is 0 Å². The molecule has 2 rings (SSSR count). The molecule has 0 spiro atoms. The summed E-state index contributed by atoms with van der Waals surface area (Å²) >= 11 is 0. The van der Waals surface area contributed by atoms with E-state index in [1.165, 1.54) is 12.1 Å². The Hall–Kier alpha value is -2.38. The van der Waals surface area contributed by atoms with Gasteiger partial charge in [-0.1, -0.05) is 18.2 Å². The first kappa shape index (κ1) is 19.0. The van der Waals surface area contributed by atoms with E-state index in [1.807, 2.05) is 13.0 Å². The Morgan fingerprint density at radius 1 is 1.12 bits per heavy atom. The summed E-state index contributed by atoms with van der Waals surface area (Å²) in [7, 11) is -3.67. The van der Waals surface area contributed by atoms with E-state index < -0.39 is 10.0 Å². The molecule has 0 bridgehead atoms. The van der Waals surface area contributed by atoms with Crippen LogP contribution >= 0.6 is 0 Å². The maximum Gasteiger partial charge on any atom is 0.255 e. The summed E-state index contributed by atoms with van der Waals surface area (Å²) in [5, 5.41) is 2.72. The number of sulfonamides is 1. The fourth-order valence-electron chi connectivity index (χ4n) is 2.22. The average molecular weight is 362 g/mol. The molecule has 0 fully saturated rings. The lowest BCUT2D eigenvalue weighted by Crippen LogP contribution is -2.30. The van der Waals surface area contributed by atoms with Crippen LogP contribution in [0, 0.1) is 0 Å². The molecule has 2 aromatic rings. The molecule has 0 saturated carbocycles. The second kappa shape index (κ2) is 8.13. The lowest BCUT2D eigenvalue weighted by Gasteiger charge is -2.15. The number of benzene rings is 2. The third-order valence-corrected chi connectivity index (χ3v) is 4.89. The summed E-state index contributed by atoms with van der Waals surface area (Å²) < 4.78 is 32.7. The normalized spacial score (nSPS) is 11.4. The van der Waals surface area contributed by atoms with Gasteiger partial charge in [-0.05, 0) is 51.1 Å². The smallest absolute Gasteiger partial charge is 0.255 e. The second-order valence-corrected chi connectivity index (χ2v) is 7.40. The van der Waals surface area contributed by atoms with E-state index >= 15 is 0 Å². The van der Waals surface area contributed by atoms with Crippen molar-refractivity contribution in [2.75, 3.05) is 11.9 Å². The minimum Gasteiger partial charge on any atom is -0.492 e. The van der Waals surface area contributed by atoms with Crippen molar-refractivity contribution in [2.24, 2.45) is 0 Å². The number of hydrogen-bond donors (Lipinski definition) is 2. The Morgan fingerprint density at radius 3 is 2.40 bits per heavy atom. The topological polar surface area (TPSA) is 84.5 Å². The molecule has 0 saturated heterocycles. The lowest BCUT2D eigenvalue weighted by atomic mass is 10.2. The van der Waals surface area contributed by atoms with E-state index in [-0.39, 0.29) is 16.8 Å². The zero-order chi connectivity index (χ0) is 18.4. The minimum atomic E-state index is -3.67. The van der Waals surface area contributed by atoms with E-state index in [1.54, 1.807) is 44.2 Å². The van der Waals surface area contributed by atoms with Gasteiger partial charge in [0.15, 0.2) is 0 Å². The molecule has 0 aliphatic heterocycles. The number of amides is 1. The summed E-state index contributed by atoms with van der Waals surface area (Å²) in [5.74, 6) is 0.0724. The van der Waals surface area contributed by atoms with E-state index in [0.717, 1.165) is 0 Å². The third kappa shape index (κ3) is 5.04. The van der Waals surface area contributed by atoms with Crippen LogP contribution in [0.4, 0.5) is 5.69 Å². The van der Waals surface area contributed by atoms with Crippen molar-refractivity contribution in [1.29, 1.82) is 0 Å². The van der Waals surface area contributed by atoms with E-state index in [0.29, 0.717) is 23.6 Å². The highest BCUT2D eigenvalue weighted by molar-refractivity contribution is 7.89. The standard InChI is InChI=1S/C18H22N2O4S/c1-4-24-17-11-10-15(25(22,23)20-13(2)3)12-16(17)19-18(21)14-8-6-5-7-9-14/h5-13,20H,4H2,1-3H3,(H,19,21). The fourth-order valence-corrected chi connectivity index (χ4v) is 3.49. The molecule has 6 nitrogen and oxygen atoms in total. The SMILES string of the molecule is CCOc1ccc(S(=O)(=O)NC(C)C)cc1NC(=O)c1ccccc1. The van der Waals surface area contributed by atoms with Gasteiger partial charge in [-0.3, -0.25) is 4.79 Å². The molecule has 0 aromatic heterocycles. The zero-order valence-electron chi connectivity index (χ0n) is 14.4. The number of carbonyl (C=O) groups excluding carboxylic acids is 1. The molecule has 0 aliphatic rings. The summed E-state index contributed by atoms with van der Waals surface area (Å²) in [4.78, 5) is 12.4. The Kier molecular flexibility index (Phi) is 6.17. The van der Waals surface area contributed by atoms with Crippen molar-refractivity contribution >= 4 is 21.6 Å². The molecular weight excluding hydrogens is 340 g/mol. The van der Waals surface area contributed by atoms with Gasteiger partial charge in [0.05, 0.1) is 17.2 Å². The van der Waals surface area contributed by atoms with Crippen molar-refractivity contribution in [3.8, 4) is 5.75 Å². The first-order valence-electron chi connectivity index (χ1n) is 7.99. The van der Waals surface area contributed by atoms with Crippen LogP contribution in [-0.2, 0) is 10.0 Å². The van der Waals surface area contributed by atoms with Gasteiger partial charge in [-0.25, -0.2) is 13.1 Å². The highest BCUT2D eigenvalue weighted by Gasteiger charge is 2.19. The number of ether oxygens (including phenoxy) is 1. The molecule has 0 atom stereocenters. The predicted octanol–water partition coefficient (Wildman–Crippen LogP) is 3.02. The summed E-state index contributed by atoms with van der Waals surface area (Å²) in [6, 6.07) is 12.8. The number of hydrogen-bond acceptors (Lipinski definition) is 4. The molecule has 0 radical (unpaired) electrons. The van der Waals surface area contributed by atoms with Crippen LogP contribution in [0.5, 0.6) is 5.75 Å². The van der Waals surface area contributed by atoms with E-state index in [4.69, 9.17) is 4.74 Å². The van der Waals surface area contributed by atoms with Crippen LogP contribution in [0.25, 0.3) is 0 Å². The van der Waals surface area contributed by atoms with Gasteiger partial charge in [0.1, 0.15) is 5.75 Å². The molecule has 0 heterocycles. The number of nitrogens with one attached hydrogen (secondary N) is 2. The molecule has 2 aromatic carbocycles. The second-order valence-electron chi connectivity index (χ2n) is 5.69. The zero-order valence-corrected chi connectivity index (χ0v) is 15.3. The van der Waals surface area contributed by atoms with E-state index in [2.05, 4.69) is 10.0 Å². The van der Waals surface area contributed by atoms with Gasteiger partial charge in [-0.15, -0.1) is 0 Å². The van der Waals surface area contributed by atoms with Crippen molar-refractivity contribution < 1.29 is 17.9 Å². The Labute approximate surface area is 148 Å². The van der Waals surface area contributed by atoms with Crippen LogP contribution in [0.1, 0.15) is 31.1 Å². The summed E-state index contributed by atoms with van der Waals surface area (Å²) in [6.45, 7) is 5.69. The van der Waals surface area contributed by atoms with Crippen molar-refractivity contribution in [3.63, 3.8) is 0 Å². The fraction of sp³-hybridized carbons (Fsp3) is 0.278. The van der Waals surface area contributed by atoms with Gasteiger partial charge in [0.25, 0.3) is 5.91 Å². The largest absolute Gasteiger partial charge is 0.492 e. The van der Waals surface area contributed by atoms with Crippen molar-refractivity contribution in [1.82, 2.24) is 4.72 Å². The average Bonchev–Trinajstić information content (AvgIpc) is 2.56. The molecule has 25 heavy (non-hydrogen) atoms. The van der Waals surface area contributed by atoms with Gasteiger partial charge in [0.2, 0.25) is 10.0 Å². The van der Waals surface area contributed by atoms with Crippen LogP contribution < -0.4 is 14.8 Å². The molecule has 0 unspecified atom stereocenters. The maximum atomic E-state index is 12.4. The molecule has 2 N–H and O–H groups in total. The van der Waals surface area contributed by atoms with Gasteiger partial charge in [-0.2, -0.15) is 0 Å². The predicted molar refractivity (Wildman–Crippen MR) is 97.5 cm³/mol. The highest BCUT2D eigenvalue weighted by atomic mass is 32.2. The van der Waals surface area contributed by atoms with Gasteiger partial charge >= 0.3 is 0 Å². The highest BCUT2D eigenvalue weighted by Crippen LogP contribution is 2.28.